The molecule has 1 aromatic carbocycles. The monoisotopic (exact) mass is 430 g/mol. The third kappa shape index (κ3) is 3.36. The topological polar surface area (TPSA) is 92.9 Å². The minimum absolute atomic E-state index is 0.00666. The number of ketones is 1. The Morgan fingerprint density at radius 3 is 2.75 bits per heavy atom. The summed E-state index contributed by atoms with van der Waals surface area (Å²) in [6.45, 7) is 3.88. The van der Waals surface area contributed by atoms with E-state index in [-0.39, 0.29) is 24.0 Å². The average Bonchev–Trinajstić information content (AvgIpc) is 3.44. The van der Waals surface area contributed by atoms with Crippen LogP contribution in [-0.2, 0) is 22.6 Å². The Kier molecular flexibility index (Phi) is 4.81. The van der Waals surface area contributed by atoms with Gasteiger partial charge in [0, 0.05) is 18.2 Å². The van der Waals surface area contributed by atoms with E-state index in [9.17, 15) is 14.7 Å². The molecule has 0 radical (unpaired) electrons. The van der Waals surface area contributed by atoms with Crippen molar-refractivity contribution >= 4 is 17.4 Å². The molecule has 0 spiro atoms. The van der Waals surface area contributed by atoms with Gasteiger partial charge in [0.15, 0.2) is 0 Å². The maximum atomic E-state index is 13.1. The van der Waals surface area contributed by atoms with Crippen molar-refractivity contribution in [3.63, 3.8) is 0 Å². The number of ether oxygens (including phenoxy) is 1. The Hall–Kier alpha value is -3.87. The number of likely N-dealkylation sites (tertiary alicyclic amines) is 1. The van der Waals surface area contributed by atoms with Gasteiger partial charge in [-0.25, -0.2) is 0 Å². The second-order valence-electron chi connectivity index (χ2n) is 8.15. The molecular formula is C25H22N2O5. The molecule has 7 heteroatoms. The van der Waals surface area contributed by atoms with Crippen LogP contribution in [0.5, 0.6) is 5.75 Å². The molecule has 32 heavy (non-hydrogen) atoms. The molecule has 1 amide bonds. The zero-order chi connectivity index (χ0) is 22.4. The first kappa shape index (κ1) is 20.1. The van der Waals surface area contributed by atoms with Gasteiger partial charge in [-0.05, 0) is 61.9 Å². The fourth-order valence-corrected chi connectivity index (χ4v) is 4.33. The molecule has 0 bridgehead atoms. The molecule has 0 saturated carbocycles. The van der Waals surface area contributed by atoms with Crippen LogP contribution in [0.2, 0.25) is 0 Å². The molecule has 3 aromatic rings. The third-order valence-electron chi connectivity index (χ3n) is 5.80. The zero-order valence-corrected chi connectivity index (χ0v) is 17.7. The van der Waals surface area contributed by atoms with E-state index in [4.69, 9.17) is 9.15 Å². The fourth-order valence-electron chi connectivity index (χ4n) is 4.33. The summed E-state index contributed by atoms with van der Waals surface area (Å²) in [5, 5.41) is 11.2. The van der Waals surface area contributed by atoms with Gasteiger partial charge in [-0.15, -0.1) is 0 Å². The Balaban J connectivity index is 1.62. The van der Waals surface area contributed by atoms with Gasteiger partial charge in [0.1, 0.15) is 35.2 Å². The highest BCUT2D eigenvalue weighted by molar-refractivity contribution is 6.46. The van der Waals surface area contributed by atoms with Crippen LogP contribution >= 0.6 is 0 Å². The Morgan fingerprint density at radius 2 is 2.03 bits per heavy atom. The van der Waals surface area contributed by atoms with Crippen LogP contribution in [0.25, 0.3) is 5.76 Å². The number of aliphatic hydroxyl groups is 1. The second-order valence-corrected chi connectivity index (χ2v) is 8.15. The van der Waals surface area contributed by atoms with Gasteiger partial charge >= 0.3 is 0 Å². The number of hydrogen-bond donors (Lipinski definition) is 1. The van der Waals surface area contributed by atoms with Crippen molar-refractivity contribution in [1.29, 1.82) is 0 Å². The lowest BCUT2D eigenvalue weighted by Gasteiger charge is -2.23. The molecule has 2 atom stereocenters. The van der Waals surface area contributed by atoms with Gasteiger partial charge in [0.05, 0.1) is 17.8 Å². The number of fused-ring (bicyclic) bond motifs is 1. The van der Waals surface area contributed by atoms with Crippen molar-refractivity contribution in [3.8, 4) is 5.75 Å². The van der Waals surface area contributed by atoms with E-state index in [1.54, 1.807) is 49.5 Å². The number of hydrogen-bond acceptors (Lipinski definition) is 6. The average molecular weight is 430 g/mol. The summed E-state index contributed by atoms with van der Waals surface area (Å²) in [6.07, 6.45) is 2.40. The number of amides is 1. The minimum atomic E-state index is -0.853. The first-order valence-corrected chi connectivity index (χ1v) is 10.5. The van der Waals surface area contributed by atoms with E-state index >= 15 is 0 Å². The molecule has 2 unspecified atom stereocenters. The van der Waals surface area contributed by atoms with Crippen molar-refractivity contribution in [2.75, 3.05) is 0 Å². The number of pyridine rings is 1. The van der Waals surface area contributed by atoms with Gasteiger partial charge in [-0.1, -0.05) is 6.07 Å². The highest BCUT2D eigenvalue weighted by atomic mass is 16.5. The van der Waals surface area contributed by atoms with Gasteiger partial charge in [-0.2, -0.15) is 0 Å². The molecule has 5 rings (SSSR count). The lowest BCUT2D eigenvalue weighted by molar-refractivity contribution is -0.140. The maximum absolute atomic E-state index is 13.1. The number of nitrogens with zero attached hydrogens (tertiary/aromatic N) is 2. The number of rotatable bonds is 4. The van der Waals surface area contributed by atoms with Crippen LogP contribution in [0, 0.1) is 6.92 Å². The predicted octanol–water partition coefficient (Wildman–Crippen LogP) is 3.93. The van der Waals surface area contributed by atoms with E-state index in [0.717, 1.165) is 11.3 Å². The third-order valence-corrected chi connectivity index (χ3v) is 5.80. The van der Waals surface area contributed by atoms with E-state index in [2.05, 4.69) is 4.98 Å². The standard InChI is InChI=1S/C25H22N2O5/c1-14-6-8-20(31-14)22-21(23(28)16-7-9-19-17(12-16)11-15(2)32-19)24(29)25(30)27(22)13-18-5-3-4-10-26-18/h3-10,12,15,22,28H,11,13H2,1-2H3/b23-21-. The molecule has 1 saturated heterocycles. The van der Waals surface area contributed by atoms with E-state index in [1.165, 1.54) is 4.90 Å². The summed E-state index contributed by atoms with van der Waals surface area (Å²) >= 11 is 0. The highest BCUT2D eigenvalue weighted by Gasteiger charge is 2.47. The van der Waals surface area contributed by atoms with Crippen molar-refractivity contribution in [1.82, 2.24) is 9.88 Å². The van der Waals surface area contributed by atoms with Crippen LogP contribution in [0.3, 0.4) is 0 Å². The molecule has 7 nitrogen and oxygen atoms in total. The van der Waals surface area contributed by atoms with E-state index < -0.39 is 17.7 Å². The molecule has 1 fully saturated rings. The number of carbonyl (C=O) groups is 2. The lowest BCUT2D eigenvalue weighted by Crippen LogP contribution is -2.29. The first-order chi connectivity index (χ1) is 15.4. The van der Waals surface area contributed by atoms with E-state index in [1.807, 2.05) is 19.1 Å². The van der Waals surface area contributed by atoms with Gasteiger partial charge in [0.25, 0.3) is 11.7 Å². The number of aromatic nitrogens is 1. The fraction of sp³-hybridized carbons (Fsp3) is 0.240. The second kappa shape index (κ2) is 7.67. The molecule has 2 aliphatic rings. The lowest BCUT2D eigenvalue weighted by atomic mass is 9.97. The normalized spacial score (nSPS) is 21.6. The molecular weight excluding hydrogens is 408 g/mol. The predicted molar refractivity (Wildman–Crippen MR) is 116 cm³/mol. The minimum Gasteiger partial charge on any atom is -0.507 e. The van der Waals surface area contributed by atoms with Crippen LogP contribution in [0.1, 0.15) is 41.3 Å². The molecule has 0 aliphatic carbocycles. The molecule has 1 N–H and O–H groups in total. The molecule has 2 aliphatic heterocycles. The smallest absolute Gasteiger partial charge is 0.296 e. The van der Waals surface area contributed by atoms with Gasteiger partial charge < -0.3 is 19.2 Å². The SMILES string of the molecule is Cc1ccc(C2/C(=C(/O)c3ccc4c(c3)CC(C)O4)C(=O)C(=O)N2Cc2ccccn2)o1. The van der Waals surface area contributed by atoms with E-state index in [0.29, 0.717) is 29.2 Å². The number of aliphatic hydroxyl groups excluding tert-OH is 1. The van der Waals surface area contributed by atoms with Crippen molar-refractivity contribution in [3.05, 3.63) is 88.6 Å². The van der Waals surface area contributed by atoms with Crippen LogP contribution in [-0.4, -0.2) is 32.8 Å². The molecule has 2 aromatic heterocycles. The van der Waals surface area contributed by atoms with Crippen LogP contribution in [0.15, 0.2) is 64.7 Å². The van der Waals surface area contributed by atoms with Crippen molar-refractivity contribution in [2.45, 2.75) is 39.0 Å². The quantitative estimate of drug-likeness (QED) is 0.383. The number of benzene rings is 1. The number of Topliss-reactive ketones (excluding diaryl/α,β-unsaturated/α-hetero) is 1. The molecule has 162 valence electrons. The Morgan fingerprint density at radius 1 is 1.19 bits per heavy atom. The van der Waals surface area contributed by atoms with Crippen LogP contribution in [0.4, 0.5) is 0 Å². The first-order valence-electron chi connectivity index (χ1n) is 10.5. The summed E-state index contributed by atoms with van der Waals surface area (Å²) in [5.74, 6) is 0.150. The van der Waals surface area contributed by atoms with Gasteiger partial charge in [-0.3, -0.25) is 14.6 Å². The maximum Gasteiger partial charge on any atom is 0.296 e. The largest absolute Gasteiger partial charge is 0.507 e. The number of aryl methyl sites for hydroxylation is 1. The summed E-state index contributed by atoms with van der Waals surface area (Å²) < 4.78 is 11.5. The zero-order valence-electron chi connectivity index (χ0n) is 17.7. The molecule has 4 heterocycles. The van der Waals surface area contributed by atoms with Crippen molar-refractivity contribution < 1.29 is 23.8 Å². The number of carbonyl (C=O) groups excluding carboxylic acids is 2. The Labute approximate surface area is 184 Å². The summed E-state index contributed by atoms with van der Waals surface area (Å²) in [5.41, 5.74) is 2.05. The summed E-state index contributed by atoms with van der Waals surface area (Å²) in [7, 11) is 0. The number of furan rings is 1. The van der Waals surface area contributed by atoms with Gasteiger partial charge in [0.2, 0.25) is 0 Å². The highest BCUT2D eigenvalue weighted by Crippen LogP contribution is 2.41. The summed E-state index contributed by atoms with van der Waals surface area (Å²) in [4.78, 5) is 31.8. The summed E-state index contributed by atoms with van der Waals surface area (Å²) in [6, 6.07) is 13.3. The Bertz CT molecular complexity index is 1240. The van der Waals surface area contributed by atoms with Crippen molar-refractivity contribution in [2.24, 2.45) is 0 Å². The van der Waals surface area contributed by atoms with Crippen LogP contribution < -0.4 is 4.74 Å².